The molecule has 21 heavy (non-hydrogen) atoms. The highest BCUT2D eigenvalue weighted by Gasteiger charge is 2.20. The van der Waals surface area contributed by atoms with Crippen molar-refractivity contribution in [3.63, 3.8) is 0 Å². The van der Waals surface area contributed by atoms with Crippen molar-refractivity contribution in [2.75, 3.05) is 13.7 Å². The van der Waals surface area contributed by atoms with Gasteiger partial charge in [-0.3, -0.25) is 19.7 Å². The fourth-order valence-corrected chi connectivity index (χ4v) is 1.65. The number of rotatable bonds is 6. The number of methoxy groups -OCH3 is 1. The third-order valence-corrected chi connectivity index (χ3v) is 2.73. The van der Waals surface area contributed by atoms with Crippen LogP contribution >= 0.6 is 0 Å². The number of nitrogens with zero attached hydrogens (tertiary/aromatic N) is 1. The van der Waals surface area contributed by atoms with E-state index in [0.29, 0.717) is 6.54 Å². The van der Waals surface area contributed by atoms with Gasteiger partial charge in [-0.05, 0) is 26.0 Å². The lowest BCUT2D eigenvalue weighted by atomic mass is 10.1. The van der Waals surface area contributed by atoms with Crippen LogP contribution in [0.1, 0.15) is 24.2 Å². The number of nitro groups is 1. The van der Waals surface area contributed by atoms with Crippen LogP contribution in [0, 0.1) is 10.1 Å². The van der Waals surface area contributed by atoms with Crippen LogP contribution in [0.2, 0.25) is 0 Å². The van der Waals surface area contributed by atoms with Crippen LogP contribution in [-0.2, 0) is 4.79 Å². The minimum atomic E-state index is -0.737. The van der Waals surface area contributed by atoms with E-state index in [2.05, 4.69) is 10.6 Å². The van der Waals surface area contributed by atoms with Gasteiger partial charge in [-0.25, -0.2) is 0 Å². The zero-order valence-corrected chi connectivity index (χ0v) is 12.0. The minimum Gasteiger partial charge on any atom is -0.490 e. The molecule has 0 radical (unpaired) electrons. The predicted octanol–water partition coefficient (Wildman–Crippen LogP) is 0.858. The molecule has 1 atom stereocenters. The summed E-state index contributed by atoms with van der Waals surface area (Å²) in [6, 6.07) is 3.10. The van der Waals surface area contributed by atoms with Gasteiger partial charge in [0.15, 0.2) is 5.75 Å². The van der Waals surface area contributed by atoms with Gasteiger partial charge >= 0.3 is 5.69 Å². The van der Waals surface area contributed by atoms with Gasteiger partial charge in [-0.1, -0.05) is 0 Å². The van der Waals surface area contributed by atoms with Crippen molar-refractivity contribution in [1.29, 1.82) is 0 Å². The summed E-state index contributed by atoms with van der Waals surface area (Å²) in [5.74, 6) is -0.832. The molecule has 0 unspecified atom stereocenters. The molecule has 0 bridgehead atoms. The molecule has 8 heteroatoms. The average Bonchev–Trinajstić information content (AvgIpc) is 2.46. The van der Waals surface area contributed by atoms with Crippen molar-refractivity contribution in [1.82, 2.24) is 10.6 Å². The number of nitro benzene ring substituents is 1. The molecular weight excluding hydrogens is 278 g/mol. The minimum absolute atomic E-state index is 0.0633. The second-order valence-corrected chi connectivity index (χ2v) is 4.23. The second-order valence-electron chi connectivity index (χ2n) is 4.23. The molecule has 0 saturated heterocycles. The van der Waals surface area contributed by atoms with Crippen molar-refractivity contribution in [2.45, 2.75) is 19.9 Å². The Hall–Kier alpha value is -2.64. The van der Waals surface area contributed by atoms with E-state index in [0.717, 1.165) is 6.07 Å². The van der Waals surface area contributed by atoms with Gasteiger partial charge in [0.2, 0.25) is 5.91 Å². The molecule has 0 fully saturated rings. The SMILES string of the molecule is CCNC(=O)[C@H](C)NC(=O)c1ccc(OC)c([N+](=O)[O-])c1. The third-order valence-electron chi connectivity index (χ3n) is 2.73. The van der Waals surface area contributed by atoms with Gasteiger partial charge in [-0.15, -0.1) is 0 Å². The number of likely N-dealkylation sites (N-methyl/N-ethyl adjacent to an activating group) is 1. The Labute approximate surface area is 121 Å². The number of carbonyl (C=O) groups excluding carboxylic acids is 2. The number of ether oxygens (including phenoxy) is 1. The van der Waals surface area contributed by atoms with Crippen LogP contribution in [-0.4, -0.2) is 36.4 Å². The molecule has 114 valence electrons. The Balaban J connectivity index is 2.90. The molecule has 0 saturated carbocycles. The van der Waals surface area contributed by atoms with Gasteiger partial charge in [0.05, 0.1) is 12.0 Å². The molecule has 2 N–H and O–H groups in total. The van der Waals surface area contributed by atoms with E-state index < -0.39 is 16.9 Å². The molecule has 0 aliphatic heterocycles. The highest BCUT2D eigenvalue weighted by Crippen LogP contribution is 2.27. The molecule has 0 heterocycles. The Kier molecular flexibility index (Phi) is 5.65. The first-order chi connectivity index (χ1) is 9.90. The standard InChI is InChI=1S/C13H17N3O5/c1-4-14-12(17)8(2)15-13(18)9-5-6-11(21-3)10(7-9)16(19)20/h5-8H,4H2,1-3H3,(H,14,17)(H,15,18)/t8-/m0/s1. The number of benzene rings is 1. The Bertz CT molecular complexity index is 559. The zero-order valence-electron chi connectivity index (χ0n) is 12.0. The molecule has 1 aromatic rings. The molecular formula is C13H17N3O5. The first kappa shape index (κ1) is 16.4. The lowest BCUT2D eigenvalue weighted by Crippen LogP contribution is -2.44. The summed E-state index contributed by atoms with van der Waals surface area (Å²) >= 11 is 0. The lowest BCUT2D eigenvalue weighted by Gasteiger charge is -2.13. The van der Waals surface area contributed by atoms with Crippen LogP contribution < -0.4 is 15.4 Å². The van der Waals surface area contributed by atoms with Gasteiger partial charge in [0.25, 0.3) is 5.91 Å². The van der Waals surface area contributed by atoms with E-state index in [-0.39, 0.29) is 22.9 Å². The van der Waals surface area contributed by atoms with Crippen LogP contribution in [0.25, 0.3) is 0 Å². The molecule has 0 aliphatic rings. The fraction of sp³-hybridized carbons (Fsp3) is 0.385. The molecule has 8 nitrogen and oxygen atoms in total. The van der Waals surface area contributed by atoms with E-state index in [9.17, 15) is 19.7 Å². The van der Waals surface area contributed by atoms with E-state index in [1.54, 1.807) is 6.92 Å². The summed E-state index contributed by atoms with van der Waals surface area (Å²) in [7, 11) is 1.30. The Morgan fingerprint density at radius 2 is 2.10 bits per heavy atom. The zero-order chi connectivity index (χ0) is 16.0. The molecule has 0 aliphatic carbocycles. The van der Waals surface area contributed by atoms with E-state index in [1.165, 1.54) is 26.2 Å². The Morgan fingerprint density at radius 3 is 2.62 bits per heavy atom. The lowest BCUT2D eigenvalue weighted by molar-refractivity contribution is -0.385. The fourth-order valence-electron chi connectivity index (χ4n) is 1.65. The molecule has 0 spiro atoms. The summed E-state index contributed by atoms with van der Waals surface area (Å²) in [4.78, 5) is 33.8. The van der Waals surface area contributed by atoms with Crippen molar-refractivity contribution in [2.24, 2.45) is 0 Å². The summed E-state index contributed by atoms with van der Waals surface area (Å²) < 4.78 is 4.86. The normalized spacial score (nSPS) is 11.4. The number of hydrogen-bond donors (Lipinski definition) is 2. The molecule has 2 amide bonds. The van der Waals surface area contributed by atoms with Gasteiger partial charge in [-0.2, -0.15) is 0 Å². The van der Waals surface area contributed by atoms with Crippen molar-refractivity contribution in [3.8, 4) is 5.75 Å². The van der Waals surface area contributed by atoms with Gasteiger partial charge < -0.3 is 15.4 Å². The van der Waals surface area contributed by atoms with Crippen molar-refractivity contribution < 1.29 is 19.2 Å². The highest BCUT2D eigenvalue weighted by atomic mass is 16.6. The Morgan fingerprint density at radius 1 is 1.43 bits per heavy atom. The molecule has 0 aromatic heterocycles. The summed E-state index contributed by atoms with van der Waals surface area (Å²) in [5, 5.41) is 15.9. The van der Waals surface area contributed by atoms with Gasteiger partial charge in [0.1, 0.15) is 6.04 Å². The average molecular weight is 295 g/mol. The van der Waals surface area contributed by atoms with Crippen LogP contribution in [0.15, 0.2) is 18.2 Å². The number of nitrogens with one attached hydrogen (secondary N) is 2. The first-order valence-corrected chi connectivity index (χ1v) is 6.31. The van der Waals surface area contributed by atoms with Crippen molar-refractivity contribution >= 4 is 17.5 Å². The van der Waals surface area contributed by atoms with Crippen molar-refractivity contribution in [3.05, 3.63) is 33.9 Å². The van der Waals surface area contributed by atoms with Crippen LogP contribution in [0.5, 0.6) is 5.75 Å². The highest BCUT2D eigenvalue weighted by molar-refractivity contribution is 5.98. The molecule has 1 aromatic carbocycles. The third kappa shape index (κ3) is 4.16. The van der Waals surface area contributed by atoms with E-state index in [1.807, 2.05) is 0 Å². The summed E-state index contributed by atoms with van der Waals surface area (Å²) in [5.41, 5.74) is -0.227. The largest absolute Gasteiger partial charge is 0.490 e. The van der Waals surface area contributed by atoms with Crippen LogP contribution in [0.3, 0.4) is 0 Å². The first-order valence-electron chi connectivity index (χ1n) is 6.31. The maximum Gasteiger partial charge on any atom is 0.311 e. The maximum absolute atomic E-state index is 12.0. The molecule has 1 rings (SSSR count). The summed E-state index contributed by atoms with van der Waals surface area (Å²) in [6.07, 6.45) is 0. The summed E-state index contributed by atoms with van der Waals surface area (Å²) in [6.45, 7) is 3.74. The maximum atomic E-state index is 12.0. The van der Waals surface area contributed by atoms with Gasteiger partial charge in [0, 0.05) is 18.2 Å². The topological polar surface area (TPSA) is 111 Å². The number of carbonyl (C=O) groups is 2. The van der Waals surface area contributed by atoms with E-state index >= 15 is 0 Å². The monoisotopic (exact) mass is 295 g/mol. The number of amides is 2. The quantitative estimate of drug-likeness (QED) is 0.597. The predicted molar refractivity (Wildman–Crippen MR) is 75.3 cm³/mol. The number of hydrogen-bond acceptors (Lipinski definition) is 5. The van der Waals surface area contributed by atoms with E-state index in [4.69, 9.17) is 4.74 Å². The van der Waals surface area contributed by atoms with Crippen LogP contribution in [0.4, 0.5) is 5.69 Å². The smallest absolute Gasteiger partial charge is 0.311 e. The second kappa shape index (κ2) is 7.22.